The smallest absolute Gasteiger partial charge is 0.243 e. The molecule has 1 amide bonds. The number of nitrogens with one attached hydrogen (secondary N) is 1. The molecule has 0 aliphatic carbocycles. The Morgan fingerprint density at radius 2 is 2.04 bits per heavy atom. The predicted molar refractivity (Wildman–Crippen MR) is 107 cm³/mol. The first-order valence-electron chi connectivity index (χ1n) is 9.72. The van der Waals surface area contributed by atoms with Crippen LogP contribution in [-0.4, -0.2) is 47.3 Å². The number of rotatable bonds is 7. The molecule has 0 radical (unpaired) electrons. The van der Waals surface area contributed by atoms with Crippen LogP contribution in [0.4, 0.5) is 0 Å². The van der Waals surface area contributed by atoms with E-state index in [0.717, 1.165) is 25.2 Å². The van der Waals surface area contributed by atoms with Gasteiger partial charge in [0.25, 0.3) is 0 Å². The van der Waals surface area contributed by atoms with Gasteiger partial charge < -0.3 is 9.88 Å². The summed E-state index contributed by atoms with van der Waals surface area (Å²) >= 11 is 0. The van der Waals surface area contributed by atoms with Gasteiger partial charge in [0.2, 0.25) is 15.9 Å². The molecule has 0 saturated carbocycles. The van der Waals surface area contributed by atoms with Crippen LogP contribution in [-0.2, 0) is 21.4 Å². The molecule has 2 unspecified atom stereocenters. The van der Waals surface area contributed by atoms with Crippen molar-refractivity contribution in [3.8, 4) is 0 Å². The second-order valence-electron chi connectivity index (χ2n) is 7.42. The summed E-state index contributed by atoms with van der Waals surface area (Å²) in [5.41, 5.74) is 0. The van der Waals surface area contributed by atoms with Gasteiger partial charge in [0.15, 0.2) is 0 Å². The van der Waals surface area contributed by atoms with Crippen LogP contribution in [0.2, 0.25) is 0 Å². The molecular weight excluding hydrogens is 376 g/mol. The van der Waals surface area contributed by atoms with Crippen molar-refractivity contribution in [2.45, 2.75) is 50.6 Å². The second kappa shape index (κ2) is 8.87. The normalized spacial score (nSPS) is 19.3. The van der Waals surface area contributed by atoms with Crippen molar-refractivity contribution >= 4 is 15.9 Å². The number of piperidine rings is 1. The van der Waals surface area contributed by atoms with E-state index in [1.807, 2.05) is 17.7 Å². The van der Waals surface area contributed by atoms with Crippen LogP contribution in [0.5, 0.6) is 0 Å². The quantitative estimate of drug-likeness (QED) is 0.767. The second-order valence-corrected chi connectivity index (χ2v) is 9.31. The van der Waals surface area contributed by atoms with Crippen LogP contribution >= 0.6 is 0 Å². The molecule has 2 atom stereocenters. The van der Waals surface area contributed by atoms with Gasteiger partial charge in [-0.15, -0.1) is 0 Å². The maximum absolute atomic E-state index is 13.0. The highest BCUT2D eigenvalue weighted by atomic mass is 32.2. The summed E-state index contributed by atoms with van der Waals surface area (Å²) in [6, 6.07) is 7.68. The van der Waals surface area contributed by atoms with E-state index in [-0.39, 0.29) is 16.7 Å². The van der Waals surface area contributed by atoms with E-state index in [2.05, 4.69) is 17.2 Å². The van der Waals surface area contributed by atoms with Crippen LogP contribution < -0.4 is 5.32 Å². The summed E-state index contributed by atoms with van der Waals surface area (Å²) in [6.45, 7) is 5.62. The molecule has 152 valence electrons. The number of imidazole rings is 1. The first-order valence-corrected chi connectivity index (χ1v) is 11.2. The molecular formula is C20H28N4O3S. The summed E-state index contributed by atoms with van der Waals surface area (Å²) in [7, 11) is -3.68. The van der Waals surface area contributed by atoms with Crippen LogP contribution in [0.3, 0.4) is 0 Å². The van der Waals surface area contributed by atoms with Gasteiger partial charge in [-0.3, -0.25) is 4.79 Å². The number of benzene rings is 1. The fourth-order valence-electron chi connectivity index (χ4n) is 3.57. The number of carbonyl (C=O) groups is 1. The lowest BCUT2D eigenvalue weighted by Crippen LogP contribution is -2.52. The third-order valence-electron chi connectivity index (χ3n) is 5.16. The molecule has 1 fully saturated rings. The molecule has 3 rings (SSSR count). The third kappa shape index (κ3) is 4.62. The topological polar surface area (TPSA) is 84.3 Å². The fraction of sp³-hybridized carbons (Fsp3) is 0.500. The standard InChI is InChI=1S/C20H28N4O3S/c1-16(15-23-13-11-21-17(23)2)14-22-20(25)19-10-6-7-12-24(19)28(26,27)18-8-4-3-5-9-18/h3-5,8-9,11,13,16,19H,6-7,10,12,14-15H2,1-2H3,(H,22,25). The molecule has 1 aromatic heterocycles. The van der Waals surface area contributed by atoms with E-state index in [9.17, 15) is 13.2 Å². The van der Waals surface area contributed by atoms with Crippen molar-refractivity contribution in [3.63, 3.8) is 0 Å². The van der Waals surface area contributed by atoms with Gasteiger partial charge in [-0.2, -0.15) is 4.31 Å². The summed E-state index contributed by atoms with van der Waals surface area (Å²) in [6.07, 6.45) is 5.85. The number of hydrogen-bond donors (Lipinski definition) is 1. The molecule has 0 bridgehead atoms. The van der Waals surface area contributed by atoms with Crippen LogP contribution in [0.1, 0.15) is 32.0 Å². The lowest BCUT2D eigenvalue weighted by atomic mass is 10.0. The van der Waals surface area contributed by atoms with E-state index in [1.54, 1.807) is 36.5 Å². The molecule has 1 N–H and O–H groups in total. The average molecular weight is 405 g/mol. The van der Waals surface area contributed by atoms with E-state index in [1.165, 1.54) is 4.31 Å². The number of aromatic nitrogens is 2. The highest BCUT2D eigenvalue weighted by Crippen LogP contribution is 2.25. The number of nitrogens with zero attached hydrogens (tertiary/aromatic N) is 3. The minimum absolute atomic E-state index is 0.208. The minimum Gasteiger partial charge on any atom is -0.354 e. The Hall–Kier alpha value is -2.19. The van der Waals surface area contributed by atoms with Gasteiger partial charge in [-0.05, 0) is 37.8 Å². The molecule has 2 aromatic rings. The first kappa shape index (κ1) is 20.5. The lowest BCUT2D eigenvalue weighted by molar-refractivity contribution is -0.125. The largest absolute Gasteiger partial charge is 0.354 e. The number of sulfonamides is 1. The molecule has 1 saturated heterocycles. The zero-order chi connectivity index (χ0) is 20.1. The monoisotopic (exact) mass is 404 g/mol. The van der Waals surface area contributed by atoms with Crippen molar-refractivity contribution in [1.29, 1.82) is 0 Å². The minimum atomic E-state index is -3.68. The highest BCUT2D eigenvalue weighted by molar-refractivity contribution is 7.89. The summed E-state index contributed by atoms with van der Waals surface area (Å²) in [5.74, 6) is 0.929. The van der Waals surface area contributed by atoms with Crippen molar-refractivity contribution in [1.82, 2.24) is 19.2 Å². The molecule has 7 nitrogen and oxygen atoms in total. The Bertz CT molecular complexity index is 895. The fourth-order valence-corrected chi connectivity index (χ4v) is 5.25. The van der Waals surface area contributed by atoms with Crippen molar-refractivity contribution in [3.05, 3.63) is 48.5 Å². The van der Waals surface area contributed by atoms with Crippen LogP contribution in [0.15, 0.2) is 47.6 Å². The Morgan fingerprint density at radius 3 is 2.71 bits per heavy atom. The van der Waals surface area contributed by atoms with Gasteiger partial charge >= 0.3 is 0 Å². The van der Waals surface area contributed by atoms with Gasteiger partial charge in [-0.1, -0.05) is 31.5 Å². The summed E-state index contributed by atoms with van der Waals surface area (Å²) in [4.78, 5) is 17.3. The van der Waals surface area contributed by atoms with Crippen LogP contribution in [0, 0.1) is 12.8 Å². The maximum Gasteiger partial charge on any atom is 0.243 e. The molecule has 0 spiro atoms. The number of amides is 1. The zero-order valence-electron chi connectivity index (χ0n) is 16.4. The molecule has 1 aromatic carbocycles. The Labute approximate surface area is 166 Å². The van der Waals surface area contributed by atoms with Gasteiger partial charge in [-0.25, -0.2) is 13.4 Å². The van der Waals surface area contributed by atoms with Crippen LogP contribution in [0.25, 0.3) is 0 Å². The third-order valence-corrected chi connectivity index (χ3v) is 7.09. The van der Waals surface area contributed by atoms with Gasteiger partial charge in [0.05, 0.1) is 4.90 Å². The Morgan fingerprint density at radius 1 is 1.29 bits per heavy atom. The van der Waals surface area contributed by atoms with E-state index >= 15 is 0 Å². The van der Waals surface area contributed by atoms with E-state index in [4.69, 9.17) is 0 Å². The zero-order valence-corrected chi connectivity index (χ0v) is 17.2. The van der Waals surface area contributed by atoms with Crippen molar-refractivity contribution in [2.75, 3.05) is 13.1 Å². The summed E-state index contributed by atoms with van der Waals surface area (Å²) in [5, 5.41) is 2.96. The number of hydrogen-bond acceptors (Lipinski definition) is 4. The molecule has 28 heavy (non-hydrogen) atoms. The van der Waals surface area contributed by atoms with Crippen molar-refractivity contribution < 1.29 is 13.2 Å². The number of carbonyl (C=O) groups excluding carboxylic acids is 1. The van der Waals surface area contributed by atoms with Gasteiger partial charge in [0, 0.05) is 32.0 Å². The van der Waals surface area contributed by atoms with Gasteiger partial charge in [0.1, 0.15) is 11.9 Å². The first-order chi connectivity index (χ1) is 13.4. The molecule has 1 aliphatic heterocycles. The summed E-state index contributed by atoms with van der Waals surface area (Å²) < 4.78 is 29.5. The number of aryl methyl sites for hydroxylation is 1. The van der Waals surface area contributed by atoms with E-state index < -0.39 is 16.1 Å². The maximum atomic E-state index is 13.0. The SMILES string of the molecule is Cc1nccn1CC(C)CNC(=O)C1CCCCN1S(=O)(=O)c1ccccc1. The predicted octanol–water partition coefficient (Wildman–Crippen LogP) is 2.19. The Balaban J connectivity index is 1.65. The average Bonchev–Trinajstić information content (AvgIpc) is 3.11. The highest BCUT2D eigenvalue weighted by Gasteiger charge is 2.37. The lowest BCUT2D eigenvalue weighted by Gasteiger charge is -2.33. The molecule has 1 aliphatic rings. The molecule has 2 heterocycles. The Kier molecular flexibility index (Phi) is 6.51. The van der Waals surface area contributed by atoms with E-state index in [0.29, 0.717) is 19.5 Å². The van der Waals surface area contributed by atoms with Crippen molar-refractivity contribution in [2.24, 2.45) is 5.92 Å². The molecule has 8 heteroatoms.